The Morgan fingerprint density at radius 2 is 1.86 bits per heavy atom. The molecule has 21 heavy (non-hydrogen) atoms. The highest BCUT2D eigenvalue weighted by Crippen LogP contribution is 2.26. The van der Waals surface area contributed by atoms with E-state index in [9.17, 15) is 8.78 Å². The first-order valence-electron chi connectivity index (χ1n) is 6.67. The zero-order valence-corrected chi connectivity index (χ0v) is 12.3. The second-order valence-corrected chi connectivity index (χ2v) is 5.91. The molecule has 0 saturated heterocycles. The number of halogens is 2. The third kappa shape index (κ3) is 3.19. The summed E-state index contributed by atoms with van der Waals surface area (Å²) < 4.78 is 27.0. The Balaban J connectivity index is 1.66. The average molecular weight is 304 g/mol. The van der Waals surface area contributed by atoms with Crippen molar-refractivity contribution in [3.8, 4) is 0 Å². The molecule has 2 nitrogen and oxygen atoms in total. The quantitative estimate of drug-likeness (QED) is 0.765. The molecule has 3 aromatic rings. The number of benzene rings is 2. The third-order valence-corrected chi connectivity index (χ3v) is 4.30. The minimum atomic E-state index is -0.250. The Bertz CT molecular complexity index is 783. The van der Waals surface area contributed by atoms with Crippen molar-refractivity contribution in [3.05, 3.63) is 59.2 Å². The van der Waals surface area contributed by atoms with Crippen LogP contribution in [0, 0.1) is 18.6 Å². The number of aromatic nitrogens is 1. The summed E-state index contributed by atoms with van der Waals surface area (Å²) >= 11 is 1.43. The van der Waals surface area contributed by atoms with Gasteiger partial charge in [-0.3, -0.25) is 0 Å². The third-order valence-electron chi connectivity index (χ3n) is 3.33. The summed E-state index contributed by atoms with van der Waals surface area (Å²) in [6, 6.07) is 9.39. The van der Waals surface area contributed by atoms with Gasteiger partial charge in [-0.1, -0.05) is 17.4 Å². The first-order valence-corrected chi connectivity index (χ1v) is 7.48. The first kappa shape index (κ1) is 13.9. The summed E-state index contributed by atoms with van der Waals surface area (Å²) in [5, 5.41) is 4.01. The van der Waals surface area contributed by atoms with Gasteiger partial charge in [-0.2, -0.15) is 0 Å². The Morgan fingerprint density at radius 1 is 1.10 bits per heavy atom. The van der Waals surface area contributed by atoms with Crippen molar-refractivity contribution in [2.75, 3.05) is 11.9 Å². The van der Waals surface area contributed by atoms with Crippen molar-refractivity contribution in [2.45, 2.75) is 13.3 Å². The van der Waals surface area contributed by atoms with E-state index in [4.69, 9.17) is 0 Å². The van der Waals surface area contributed by atoms with Crippen LogP contribution >= 0.6 is 11.3 Å². The van der Waals surface area contributed by atoms with E-state index in [-0.39, 0.29) is 11.6 Å². The molecule has 0 saturated carbocycles. The van der Waals surface area contributed by atoms with Crippen molar-refractivity contribution in [3.63, 3.8) is 0 Å². The molecule has 0 unspecified atom stereocenters. The topological polar surface area (TPSA) is 24.9 Å². The number of hydrogen-bond acceptors (Lipinski definition) is 3. The molecule has 1 N–H and O–H groups in total. The van der Waals surface area contributed by atoms with Gasteiger partial charge >= 0.3 is 0 Å². The molecule has 0 spiro atoms. The van der Waals surface area contributed by atoms with E-state index in [0.717, 1.165) is 32.9 Å². The SMILES string of the molecule is Cc1cc(F)ccc1CCNc1nc2ccc(F)cc2s1. The van der Waals surface area contributed by atoms with Crippen LogP contribution in [0.25, 0.3) is 10.2 Å². The highest BCUT2D eigenvalue weighted by Gasteiger charge is 2.05. The summed E-state index contributed by atoms with van der Waals surface area (Å²) in [6.45, 7) is 2.60. The van der Waals surface area contributed by atoms with Gasteiger partial charge in [0.15, 0.2) is 5.13 Å². The van der Waals surface area contributed by atoms with Crippen LogP contribution in [-0.2, 0) is 6.42 Å². The van der Waals surface area contributed by atoms with Crippen LogP contribution in [0.15, 0.2) is 36.4 Å². The summed E-state index contributed by atoms with van der Waals surface area (Å²) in [4.78, 5) is 4.40. The Labute approximate surface area is 125 Å². The summed E-state index contributed by atoms with van der Waals surface area (Å²) in [7, 11) is 0. The Kier molecular flexibility index (Phi) is 3.84. The lowest BCUT2D eigenvalue weighted by molar-refractivity contribution is 0.625. The number of nitrogens with one attached hydrogen (secondary N) is 1. The van der Waals surface area contributed by atoms with Gasteiger partial charge in [0.2, 0.25) is 0 Å². The fourth-order valence-electron chi connectivity index (χ4n) is 2.22. The number of hydrogen-bond donors (Lipinski definition) is 1. The Hall–Kier alpha value is -2.01. The van der Waals surface area contributed by atoms with Gasteiger partial charge in [-0.25, -0.2) is 13.8 Å². The van der Waals surface area contributed by atoms with Crippen LogP contribution in [0.4, 0.5) is 13.9 Å². The standard InChI is InChI=1S/C16H14F2N2S/c1-10-8-12(17)3-2-11(10)6-7-19-16-20-14-5-4-13(18)9-15(14)21-16/h2-5,8-9H,6-7H2,1H3,(H,19,20). The second kappa shape index (κ2) is 5.77. The number of thiazole rings is 1. The van der Waals surface area contributed by atoms with Gasteiger partial charge in [0.05, 0.1) is 10.2 Å². The molecule has 1 heterocycles. The van der Waals surface area contributed by atoms with E-state index >= 15 is 0 Å². The molecule has 0 aliphatic carbocycles. The van der Waals surface area contributed by atoms with Crippen molar-refractivity contribution >= 4 is 26.7 Å². The molecule has 108 valence electrons. The van der Waals surface area contributed by atoms with E-state index in [1.54, 1.807) is 12.1 Å². The zero-order chi connectivity index (χ0) is 14.8. The number of nitrogens with zero attached hydrogens (tertiary/aromatic N) is 1. The molecule has 2 aromatic carbocycles. The largest absolute Gasteiger partial charge is 0.361 e. The molecule has 1 aromatic heterocycles. The van der Waals surface area contributed by atoms with E-state index in [2.05, 4.69) is 10.3 Å². The molecule has 0 radical (unpaired) electrons. The van der Waals surface area contributed by atoms with E-state index in [1.807, 2.05) is 6.92 Å². The highest BCUT2D eigenvalue weighted by molar-refractivity contribution is 7.22. The van der Waals surface area contributed by atoms with Gasteiger partial charge in [0, 0.05) is 6.54 Å². The number of anilines is 1. The maximum atomic E-state index is 13.1. The van der Waals surface area contributed by atoms with Gasteiger partial charge in [0.1, 0.15) is 11.6 Å². The van der Waals surface area contributed by atoms with Crippen LogP contribution in [0.5, 0.6) is 0 Å². The predicted octanol–water partition coefficient (Wildman–Crippen LogP) is 4.54. The molecule has 0 atom stereocenters. The lowest BCUT2D eigenvalue weighted by Crippen LogP contribution is -2.05. The number of rotatable bonds is 4. The lowest BCUT2D eigenvalue weighted by atomic mass is 10.1. The monoisotopic (exact) mass is 304 g/mol. The number of aryl methyl sites for hydroxylation is 1. The first-order chi connectivity index (χ1) is 10.1. The summed E-state index contributed by atoms with van der Waals surface area (Å²) in [5.41, 5.74) is 2.85. The Morgan fingerprint density at radius 3 is 2.67 bits per heavy atom. The summed E-state index contributed by atoms with van der Waals surface area (Å²) in [5.74, 6) is -0.461. The van der Waals surface area contributed by atoms with Crippen LogP contribution in [0.3, 0.4) is 0 Å². The molecule has 0 aliphatic rings. The van der Waals surface area contributed by atoms with E-state index < -0.39 is 0 Å². The highest BCUT2D eigenvalue weighted by atomic mass is 32.1. The second-order valence-electron chi connectivity index (χ2n) is 4.88. The molecule has 0 fully saturated rings. The van der Waals surface area contributed by atoms with E-state index in [0.29, 0.717) is 6.54 Å². The maximum absolute atomic E-state index is 13.1. The van der Waals surface area contributed by atoms with Crippen molar-refractivity contribution in [1.82, 2.24) is 4.98 Å². The van der Waals surface area contributed by atoms with Gasteiger partial charge in [-0.05, 0) is 54.8 Å². The molecule has 0 bridgehead atoms. The molecule has 5 heteroatoms. The minimum absolute atomic E-state index is 0.211. The van der Waals surface area contributed by atoms with Crippen LogP contribution < -0.4 is 5.32 Å². The van der Waals surface area contributed by atoms with E-state index in [1.165, 1.54) is 35.6 Å². The van der Waals surface area contributed by atoms with Gasteiger partial charge in [0.25, 0.3) is 0 Å². The molecule has 0 amide bonds. The fourth-order valence-corrected chi connectivity index (χ4v) is 3.13. The van der Waals surface area contributed by atoms with Gasteiger partial charge in [-0.15, -0.1) is 0 Å². The van der Waals surface area contributed by atoms with Crippen LogP contribution in [0.1, 0.15) is 11.1 Å². The molecular formula is C16H14F2N2S. The molecule has 0 aliphatic heterocycles. The smallest absolute Gasteiger partial charge is 0.183 e. The number of fused-ring (bicyclic) bond motifs is 1. The van der Waals surface area contributed by atoms with Gasteiger partial charge < -0.3 is 5.32 Å². The minimum Gasteiger partial charge on any atom is -0.361 e. The van der Waals surface area contributed by atoms with Crippen molar-refractivity contribution < 1.29 is 8.78 Å². The lowest BCUT2D eigenvalue weighted by Gasteiger charge is -2.06. The fraction of sp³-hybridized carbons (Fsp3) is 0.188. The zero-order valence-electron chi connectivity index (χ0n) is 11.5. The van der Waals surface area contributed by atoms with Crippen LogP contribution in [-0.4, -0.2) is 11.5 Å². The predicted molar refractivity (Wildman–Crippen MR) is 82.9 cm³/mol. The molecule has 3 rings (SSSR count). The molecular weight excluding hydrogens is 290 g/mol. The van der Waals surface area contributed by atoms with Crippen LogP contribution in [0.2, 0.25) is 0 Å². The maximum Gasteiger partial charge on any atom is 0.183 e. The van der Waals surface area contributed by atoms with Crippen molar-refractivity contribution in [1.29, 1.82) is 0 Å². The van der Waals surface area contributed by atoms with Crippen molar-refractivity contribution in [2.24, 2.45) is 0 Å². The normalized spacial score (nSPS) is 11.0. The average Bonchev–Trinajstić information content (AvgIpc) is 2.83. The summed E-state index contributed by atoms with van der Waals surface area (Å²) in [6.07, 6.45) is 0.788.